The van der Waals surface area contributed by atoms with Crippen LogP contribution in [-0.4, -0.2) is 17.0 Å². The van der Waals surface area contributed by atoms with Crippen LogP contribution in [0.2, 0.25) is 0 Å². The highest BCUT2D eigenvalue weighted by Gasteiger charge is 2.16. The highest BCUT2D eigenvalue weighted by molar-refractivity contribution is 5.94. The summed E-state index contributed by atoms with van der Waals surface area (Å²) in [5.41, 5.74) is 1.81. The van der Waals surface area contributed by atoms with E-state index in [0.29, 0.717) is 5.92 Å². The second kappa shape index (κ2) is 5.95. The molecule has 0 atom stereocenters. The van der Waals surface area contributed by atoms with E-state index < -0.39 is 0 Å². The van der Waals surface area contributed by atoms with Gasteiger partial charge in [-0.05, 0) is 55.2 Å². The monoisotopic (exact) mass is 268 g/mol. The number of rotatable bonds is 4. The molecule has 104 valence electrons. The lowest BCUT2D eigenvalue weighted by molar-refractivity contribution is 0.0947. The van der Waals surface area contributed by atoms with Gasteiger partial charge < -0.3 is 9.88 Å². The number of hydrogen-bond donors (Lipinski definition) is 1. The molecule has 0 bridgehead atoms. The maximum absolute atomic E-state index is 12.1. The summed E-state index contributed by atoms with van der Waals surface area (Å²) >= 11 is 0. The second-order valence-electron chi connectivity index (χ2n) is 5.50. The minimum atomic E-state index is 0.0379. The van der Waals surface area contributed by atoms with Crippen molar-refractivity contribution in [2.45, 2.75) is 25.7 Å². The Morgan fingerprint density at radius 1 is 1.10 bits per heavy atom. The third kappa shape index (κ3) is 2.93. The highest BCUT2D eigenvalue weighted by atomic mass is 16.1. The zero-order valence-corrected chi connectivity index (χ0v) is 11.6. The lowest BCUT2D eigenvalue weighted by Gasteiger charge is -2.11. The first-order chi connectivity index (χ1) is 9.83. The van der Waals surface area contributed by atoms with Gasteiger partial charge in [-0.2, -0.15) is 0 Å². The predicted molar refractivity (Wildman–Crippen MR) is 80.1 cm³/mol. The molecule has 1 aliphatic carbocycles. The average Bonchev–Trinajstić information content (AvgIpc) is 3.18. The molecule has 0 spiro atoms. The maximum atomic E-state index is 12.1. The van der Waals surface area contributed by atoms with E-state index in [1.165, 1.54) is 25.7 Å². The van der Waals surface area contributed by atoms with Crippen LogP contribution in [-0.2, 0) is 0 Å². The molecule has 1 aromatic heterocycles. The molecule has 1 amide bonds. The van der Waals surface area contributed by atoms with Crippen molar-refractivity contribution in [3.05, 3.63) is 54.4 Å². The van der Waals surface area contributed by atoms with Crippen LogP contribution < -0.4 is 5.32 Å². The number of nitrogens with zero attached hydrogens (tertiary/aromatic N) is 1. The molecule has 3 nitrogen and oxygen atoms in total. The van der Waals surface area contributed by atoms with Crippen molar-refractivity contribution >= 4 is 5.91 Å². The van der Waals surface area contributed by atoms with E-state index in [1.54, 1.807) is 0 Å². The molecule has 1 N–H and O–H groups in total. The normalized spacial score (nSPS) is 15.4. The molecule has 1 saturated carbocycles. The van der Waals surface area contributed by atoms with Gasteiger partial charge in [0.2, 0.25) is 0 Å². The molecular weight excluding hydrogens is 248 g/mol. The van der Waals surface area contributed by atoms with Crippen LogP contribution in [0.1, 0.15) is 36.0 Å². The number of amides is 1. The fraction of sp³-hybridized carbons (Fsp3) is 0.353. The molecule has 1 fully saturated rings. The summed E-state index contributed by atoms with van der Waals surface area (Å²) in [6.07, 6.45) is 9.13. The SMILES string of the molecule is O=C(NCC1CCCC1)c1ccc(-n2cccc2)cc1. The van der Waals surface area contributed by atoms with Gasteiger partial charge in [-0.3, -0.25) is 4.79 Å². The van der Waals surface area contributed by atoms with Crippen molar-refractivity contribution < 1.29 is 4.79 Å². The number of nitrogens with one attached hydrogen (secondary N) is 1. The predicted octanol–water partition coefficient (Wildman–Crippen LogP) is 3.40. The van der Waals surface area contributed by atoms with Gasteiger partial charge in [-0.15, -0.1) is 0 Å². The number of carbonyl (C=O) groups excluding carboxylic acids is 1. The smallest absolute Gasteiger partial charge is 0.251 e. The molecule has 3 rings (SSSR count). The lowest BCUT2D eigenvalue weighted by atomic mass is 10.1. The first-order valence-electron chi connectivity index (χ1n) is 7.34. The Hall–Kier alpha value is -2.03. The first kappa shape index (κ1) is 13.0. The minimum absolute atomic E-state index is 0.0379. The molecule has 0 saturated heterocycles. The molecule has 2 aromatic rings. The van der Waals surface area contributed by atoms with E-state index in [2.05, 4.69) is 5.32 Å². The Balaban J connectivity index is 1.60. The highest BCUT2D eigenvalue weighted by Crippen LogP contribution is 2.23. The number of carbonyl (C=O) groups is 1. The van der Waals surface area contributed by atoms with Crippen LogP contribution >= 0.6 is 0 Å². The number of benzene rings is 1. The summed E-state index contributed by atoms with van der Waals surface area (Å²) < 4.78 is 2.03. The van der Waals surface area contributed by atoms with E-state index in [4.69, 9.17) is 0 Å². The zero-order valence-electron chi connectivity index (χ0n) is 11.6. The molecule has 1 heterocycles. The van der Waals surface area contributed by atoms with E-state index in [9.17, 15) is 4.79 Å². The summed E-state index contributed by atoms with van der Waals surface area (Å²) in [6, 6.07) is 11.7. The molecule has 0 aliphatic heterocycles. The van der Waals surface area contributed by atoms with Crippen molar-refractivity contribution in [3.8, 4) is 5.69 Å². The molecular formula is C17H20N2O. The summed E-state index contributed by atoms with van der Waals surface area (Å²) in [6.45, 7) is 0.818. The third-order valence-electron chi connectivity index (χ3n) is 4.06. The van der Waals surface area contributed by atoms with Crippen molar-refractivity contribution in [3.63, 3.8) is 0 Å². The molecule has 3 heteroatoms. The molecule has 0 unspecified atom stereocenters. The fourth-order valence-corrected chi connectivity index (χ4v) is 2.85. The van der Waals surface area contributed by atoms with Gasteiger partial charge in [-0.1, -0.05) is 12.8 Å². The van der Waals surface area contributed by atoms with E-state index >= 15 is 0 Å². The standard InChI is InChI=1S/C17H20N2O/c20-17(18-13-14-5-1-2-6-14)15-7-9-16(10-8-15)19-11-3-4-12-19/h3-4,7-12,14H,1-2,5-6,13H2,(H,18,20). The Labute approximate surface area is 119 Å². The minimum Gasteiger partial charge on any atom is -0.352 e. The van der Waals surface area contributed by atoms with E-state index in [0.717, 1.165) is 17.8 Å². The van der Waals surface area contributed by atoms with Crippen LogP contribution in [0.4, 0.5) is 0 Å². The summed E-state index contributed by atoms with van der Waals surface area (Å²) in [5, 5.41) is 3.05. The van der Waals surface area contributed by atoms with Gasteiger partial charge >= 0.3 is 0 Å². The quantitative estimate of drug-likeness (QED) is 0.906. The number of aromatic nitrogens is 1. The molecule has 20 heavy (non-hydrogen) atoms. The zero-order chi connectivity index (χ0) is 13.8. The summed E-state index contributed by atoms with van der Waals surface area (Å²) in [4.78, 5) is 12.1. The molecule has 0 radical (unpaired) electrons. The van der Waals surface area contributed by atoms with Crippen LogP contribution in [0.3, 0.4) is 0 Å². The van der Waals surface area contributed by atoms with Gasteiger partial charge in [0.1, 0.15) is 0 Å². The third-order valence-corrected chi connectivity index (χ3v) is 4.06. The average molecular weight is 268 g/mol. The van der Waals surface area contributed by atoms with Gasteiger partial charge in [0, 0.05) is 30.2 Å². The van der Waals surface area contributed by atoms with Crippen LogP contribution in [0.25, 0.3) is 5.69 Å². The maximum Gasteiger partial charge on any atom is 0.251 e. The van der Waals surface area contributed by atoms with Crippen molar-refractivity contribution in [1.82, 2.24) is 9.88 Å². The Morgan fingerprint density at radius 3 is 2.40 bits per heavy atom. The van der Waals surface area contributed by atoms with Crippen molar-refractivity contribution in [2.75, 3.05) is 6.54 Å². The fourth-order valence-electron chi connectivity index (χ4n) is 2.85. The van der Waals surface area contributed by atoms with Gasteiger partial charge in [0.15, 0.2) is 0 Å². The molecule has 1 aliphatic rings. The second-order valence-corrected chi connectivity index (χ2v) is 5.50. The van der Waals surface area contributed by atoms with Crippen molar-refractivity contribution in [1.29, 1.82) is 0 Å². The van der Waals surface area contributed by atoms with Gasteiger partial charge in [-0.25, -0.2) is 0 Å². The Kier molecular flexibility index (Phi) is 3.86. The van der Waals surface area contributed by atoms with E-state index in [-0.39, 0.29) is 5.91 Å². The summed E-state index contributed by atoms with van der Waals surface area (Å²) in [7, 11) is 0. The topological polar surface area (TPSA) is 34.0 Å². The van der Waals surface area contributed by atoms with Crippen molar-refractivity contribution in [2.24, 2.45) is 5.92 Å². The lowest BCUT2D eigenvalue weighted by Crippen LogP contribution is -2.28. The van der Waals surface area contributed by atoms with Crippen LogP contribution in [0, 0.1) is 5.92 Å². The van der Waals surface area contributed by atoms with E-state index in [1.807, 2.05) is 53.4 Å². The van der Waals surface area contributed by atoms with Gasteiger partial charge in [0.05, 0.1) is 0 Å². The largest absolute Gasteiger partial charge is 0.352 e. The van der Waals surface area contributed by atoms with Crippen LogP contribution in [0.5, 0.6) is 0 Å². The Morgan fingerprint density at radius 2 is 1.75 bits per heavy atom. The van der Waals surface area contributed by atoms with Gasteiger partial charge in [0.25, 0.3) is 5.91 Å². The summed E-state index contributed by atoms with van der Waals surface area (Å²) in [5.74, 6) is 0.717. The number of hydrogen-bond acceptors (Lipinski definition) is 1. The molecule has 1 aromatic carbocycles. The first-order valence-corrected chi connectivity index (χ1v) is 7.34. The van der Waals surface area contributed by atoms with Crippen LogP contribution in [0.15, 0.2) is 48.8 Å². The Bertz CT molecular complexity index is 551.